The van der Waals surface area contributed by atoms with E-state index in [1.165, 1.54) is 49.7 Å². The number of hydrogen-bond donors (Lipinski definition) is 0. The van der Waals surface area contributed by atoms with E-state index in [9.17, 15) is 4.79 Å². The largest absolute Gasteiger partial charge is 0.339 e. The van der Waals surface area contributed by atoms with Crippen molar-refractivity contribution in [3.05, 3.63) is 46.5 Å². The number of aryl methyl sites for hydroxylation is 1. The fraction of sp³-hybridized carbons (Fsp3) is 0.625. The van der Waals surface area contributed by atoms with Gasteiger partial charge in [-0.05, 0) is 62.1 Å². The van der Waals surface area contributed by atoms with Crippen molar-refractivity contribution in [3.8, 4) is 0 Å². The Morgan fingerprint density at radius 1 is 1.19 bits per heavy atom. The van der Waals surface area contributed by atoms with Crippen LogP contribution in [0, 0.1) is 5.92 Å². The monoisotopic (exact) mass is 387 g/mol. The number of halogens is 1. The van der Waals surface area contributed by atoms with Crippen LogP contribution in [0.25, 0.3) is 0 Å². The molecule has 0 bridgehead atoms. The third-order valence-corrected chi connectivity index (χ3v) is 6.82. The van der Waals surface area contributed by atoms with Crippen LogP contribution in [0.3, 0.4) is 0 Å². The SMILES string of the molecule is C=C(CC)CCc1ccc(CC2CCN(C3CCCCCC3)C2=O)c(Cl)c1. The molecule has 0 spiro atoms. The second-order valence-electron chi connectivity index (χ2n) is 8.40. The lowest BCUT2D eigenvalue weighted by Crippen LogP contribution is -2.37. The number of allylic oxidation sites excluding steroid dienone is 1. The van der Waals surface area contributed by atoms with Crippen LogP contribution in [-0.4, -0.2) is 23.4 Å². The van der Waals surface area contributed by atoms with Gasteiger partial charge in [-0.2, -0.15) is 0 Å². The number of hydrogen-bond acceptors (Lipinski definition) is 1. The topological polar surface area (TPSA) is 20.3 Å². The van der Waals surface area contributed by atoms with Gasteiger partial charge in [0.2, 0.25) is 5.91 Å². The fourth-order valence-electron chi connectivity index (χ4n) is 4.56. The molecule has 3 heteroatoms. The molecule has 148 valence electrons. The highest BCUT2D eigenvalue weighted by Gasteiger charge is 2.36. The lowest BCUT2D eigenvalue weighted by atomic mass is 9.96. The molecule has 2 fully saturated rings. The third kappa shape index (κ3) is 5.38. The van der Waals surface area contributed by atoms with Crippen LogP contribution >= 0.6 is 11.6 Å². The number of benzene rings is 1. The minimum Gasteiger partial charge on any atom is -0.339 e. The van der Waals surface area contributed by atoms with Crippen molar-refractivity contribution in [2.45, 2.75) is 83.6 Å². The molecule has 0 aromatic heterocycles. The number of carbonyl (C=O) groups excluding carboxylic acids is 1. The number of amides is 1. The highest BCUT2D eigenvalue weighted by Crippen LogP contribution is 2.31. The van der Waals surface area contributed by atoms with Gasteiger partial charge in [0, 0.05) is 23.5 Å². The third-order valence-electron chi connectivity index (χ3n) is 6.47. The predicted octanol–water partition coefficient (Wildman–Crippen LogP) is 6.35. The average Bonchev–Trinajstić information content (AvgIpc) is 2.87. The number of rotatable bonds is 7. The fourth-order valence-corrected chi connectivity index (χ4v) is 4.84. The molecule has 2 nitrogen and oxygen atoms in total. The molecule has 3 rings (SSSR count). The summed E-state index contributed by atoms with van der Waals surface area (Å²) in [6.45, 7) is 7.16. The van der Waals surface area contributed by atoms with Gasteiger partial charge in [0.05, 0.1) is 0 Å². The molecule has 0 radical (unpaired) electrons. The zero-order valence-electron chi connectivity index (χ0n) is 16.8. The van der Waals surface area contributed by atoms with E-state index in [-0.39, 0.29) is 5.92 Å². The number of nitrogens with zero attached hydrogens (tertiary/aromatic N) is 1. The lowest BCUT2D eigenvalue weighted by Gasteiger charge is -2.27. The molecule has 1 atom stereocenters. The molecular formula is C24H34ClNO. The van der Waals surface area contributed by atoms with Gasteiger partial charge in [-0.25, -0.2) is 0 Å². The van der Waals surface area contributed by atoms with Crippen LogP contribution < -0.4 is 0 Å². The summed E-state index contributed by atoms with van der Waals surface area (Å²) in [5.74, 6) is 0.470. The van der Waals surface area contributed by atoms with Gasteiger partial charge < -0.3 is 4.90 Å². The van der Waals surface area contributed by atoms with Crippen LogP contribution in [0.2, 0.25) is 5.02 Å². The number of carbonyl (C=O) groups is 1. The zero-order valence-corrected chi connectivity index (χ0v) is 17.6. The maximum atomic E-state index is 13.0. The summed E-state index contributed by atoms with van der Waals surface area (Å²) < 4.78 is 0. The molecule has 1 aromatic carbocycles. The molecule has 1 aliphatic heterocycles. The van der Waals surface area contributed by atoms with Crippen molar-refractivity contribution in [2.24, 2.45) is 5.92 Å². The quantitative estimate of drug-likeness (QED) is 0.394. The standard InChI is InChI=1S/C24H34ClNO/c1-3-18(2)10-11-19-12-13-20(23(25)16-19)17-21-14-15-26(24(21)27)22-8-6-4-5-7-9-22/h12-13,16,21-22H,2-11,14-15,17H2,1H3. The molecule has 1 heterocycles. The van der Waals surface area contributed by atoms with Crippen LogP contribution in [0.4, 0.5) is 0 Å². The average molecular weight is 388 g/mol. The number of likely N-dealkylation sites (tertiary alicyclic amines) is 1. The Bertz CT molecular complexity index is 660. The van der Waals surface area contributed by atoms with Crippen LogP contribution in [-0.2, 0) is 17.6 Å². The molecule has 1 amide bonds. The van der Waals surface area contributed by atoms with Crippen molar-refractivity contribution < 1.29 is 4.79 Å². The predicted molar refractivity (Wildman–Crippen MR) is 114 cm³/mol. The minimum atomic E-state index is 0.108. The van der Waals surface area contributed by atoms with Crippen molar-refractivity contribution in [1.82, 2.24) is 4.90 Å². The molecule has 1 aromatic rings. The lowest BCUT2D eigenvalue weighted by molar-refractivity contribution is -0.133. The summed E-state index contributed by atoms with van der Waals surface area (Å²) in [6.07, 6.45) is 12.4. The van der Waals surface area contributed by atoms with E-state index in [4.69, 9.17) is 11.6 Å². The Morgan fingerprint density at radius 3 is 2.59 bits per heavy atom. The van der Waals surface area contributed by atoms with E-state index in [0.29, 0.717) is 11.9 Å². The van der Waals surface area contributed by atoms with Gasteiger partial charge in [0.25, 0.3) is 0 Å². The summed E-state index contributed by atoms with van der Waals surface area (Å²) in [4.78, 5) is 15.2. The van der Waals surface area contributed by atoms with E-state index in [2.05, 4.69) is 36.6 Å². The van der Waals surface area contributed by atoms with Crippen molar-refractivity contribution in [3.63, 3.8) is 0 Å². The molecule has 27 heavy (non-hydrogen) atoms. The van der Waals surface area contributed by atoms with Gasteiger partial charge in [0.1, 0.15) is 0 Å². The van der Waals surface area contributed by atoms with E-state index in [0.717, 1.165) is 49.2 Å². The van der Waals surface area contributed by atoms with Gasteiger partial charge in [-0.1, -0.05) is 68.5 Å². The Labute approximate surface area is 170 Å². The molecule has 1 saturated heterocycles. The first-order chi connectivity index (χ1) is 13.1. The van der Waals surface area contributed by atoms with Crippen molar-refractivity contribution >= 4 is 17.5 Å². The summed E-state index contributed by atoms with van der Waals surface area (Å²) in [5, 5.41) is 0.815. The Hall–Kier alpha value is -1.28. The Morgan fingerprint density at radius 2 is 1.93 bits per heavy atom. The molecule has 1 aliphatic carbocycles. The second kappa shape index (κ2) is 9.78. The molecule has 1 unspecified atom stereocenters. The van der Waals surface area contributed by atoms with Crippen LogP contribution in [0.1, 0.15) is 75.8 Å². The van der Waals surface area contributed by atoms with E-state index >= 15 is 0 Å². The smallest absolute Gasteiger partial charge is 0.226 e. The highest BCUT2D eigenvalue weighted by atomic mass is 35.5. The normalized spacial score (nSPS) is 21.5. The van der Waals surface area contributed by atoms with Crippen LogP contribution in [0.15, 0.2) is 30.4 Å². The van der Waals surface area contributed by atoms with Gasteiger partial charge in [-0.15, -0.1) is 0 Å². The highest BCUT2D eigenvalue weighted by molar-refractivity contribution is 6.31. The summed E-state index contributed by atoms with van der Waals surface area (Å²) in [7, 11) is 0. The zero-order chi connectivity index (χ0) is 19.2. The Kier molecular flexibility index (Phi) is 7.41. The summed E-state index contributed by atoms with van der Waals surface area (Å²) in [6, 6.07) is 6.87. The van der Waals surface area contributed by atoms with Gasteiger partial charge >= 0.3 is 0 Å². The van der Waals surface area contributed by atoms with E-state index in [1.54, 1.807) is 0 Å². The van der Waals surface area contributed by atoms with Crippen molar-refractivity contribution in [2.75, 3.05) is 6.54 Å². The van der Waals surface area contributed by atoms with Gasteiger partial charge in [-0.3, -0.25) is 4.79 Å². The van der Waals surface area contributed by atoms with Gasteiger partial charge in [0.15, 0.2) is 0 Å². The molecule has 1 saturated carbocycles. The summed E-state index contributed by atoms with van der Waals surface area (Å²) >= 11 is 6.56. The second-order valence-corrected chi connectivity index (χ2v) is 8.80. The minimum absolute atomic E-state index is 0.108. The molecule has 2 aliphatic rings. The maximum absolute atomic E-state index is 13.0. The van der Waals surface area contributed by atoms with Crippen molar-refractivity contribution in [1.29, 1.82) is 0 Å². The Balaban J connectivity index is 1.58. The first kappa shape index (κ1) is 20.5. The van der Waals surface area contributed by atoms with E-state index < -0.39 is 0 Å². The summed E-state index contributed by atoms with van der Waals surface area (Å²) in [5.41, 5.74) is 3.66. The first-order valence-electron chi connectivity index (χ1n) is 10.8. The first-order valence-corrected chi connectivity index (χ1v) is 11.2. The maximum Gasteiger partial charge on any atom is 0.226 e. The van der Waals surface area contributed by atoms with E-state index in [1.807, 2.05) is 0 Å². The van der Waals surface area contributed by atoms with Crippen LogP contribution in [0.5, 0.6) is 0 Å². The molecular weight excluding hydrogens is 354 g/mol. The molecule has 0 N–H and O–H groups in total.